The summed E-state index contributed by atoms with van der Waals surface area (Å²) >= 11 is 0. The standard InChI is InChI=1S/C26H25F3N4O/c1-17-11-21(15-31-25(17)32(2)3)19-8-10-33-23(16-30-24(33)14-19)20-6-4-5-18(12-20)13-22(34)7-9-26(27,28)29/h4-6,8,10-12,14-16H,7,9,13H2,1-3H3. The first-order valence-corrected chi connectivity index (χ1v) is 10.9. The van der Waals surface area contributed by atoms with E-state index in [1.807, 2.05) is 67.0 Å². The molecule has 0 aliphatic carbocycles. The molecule has 0 unspecified atom stereocenters. The smallest absolute Gasteiger partial charge is 0.363 e. The SMILES string of the molecule is Cc1cc(-c2ccn3c(-c4cccc(CC(=O)CCC(F)(F)F)c4)cnc3c2)cnc1N(C)C. The lowest BCUT2D eigenvalue weighted by Crippen LogP contribution is -2.12. The van der Waals surface area contributed by atoms with E-state index in [2.05, 4.69) is 16.0 Å². The van der Waals surface area contributed by atoms with Gasteiger partial charge in [0.25, 0.3) is 0 Å². The summed E-state index contributed by atoms with van der Waals surface area (Å²) in [5, 5.41) is 0. The van der Waals surface area contributed by atoms with Gasteiger partial charge in [0.1, 0.15) is 17.2 Å². The predicted octanol–water partition coefficient (Wildman–Crippen LogP) is 5.89. The summed E-state index contributed by atoms with van der Waals surface area (Å²) in [7, 11) is 3.92. The summed E-state index contributed by atoms with van der Waals surface area (Å²) < 4.78 is 39.1. The molecule has 0 aliphatic rings. The summed E-state index contributed by atoms with van der Waals surface area (Å²) in [6, 6.07) is 13.4. The molecule has 4 rings (SSSR count). The van der Waals surface area contributed by atoms with Crippen molar-refractivity contribution >= 4 is 17.2 Å². The Morgan fingerprint density at radius 2 is 1.79 bits per heavy atom. The maximum atomic E-state index is 12.4. The number of nitrogens with zero attached hydrogens (tertiary/aromatic N) is 4. The van der Waals surface area contributed by atoms with Crippen molar-refractivity contribution in [2.45, 2.75) is 32.4 Å². The molecule has 0 saturated carbocycles. The van der Waals surface area contributed by atoms with Crippen molar-refractivity contribution in [2.24, 2.45) is 0 Å². The predicted molar refractivity (Wildman–Crippen MR) is 127 cm³/mol. The first-order valence-electron chi connectivity index (χ1n) is 10.9. The third-order valence-electron chi connectivity index (χ3n) is 5.63. The van der Waals surface area contributed by atoms with Gasteiger partial charge in [0.15, 0.2) is 0 Å². The largest absolute Gasteiger partial charge is 0.389 e. The number of aromatic nitrogens is 3. The summed E-state index contributed by atoms with van der Waals surface area (Å²) in [5.74, 6) is 0.492. The highest BCUT2D eigenvalue weighted by Crippen LogP contribution is 2.28. The first-order chi connectivity index (χ1) is 16.1. The van der Waals surface area contributed by atoms with Crippen LogP contribution in [0.5, 0.6) is 0 Å². The third-order valence-corrected chi connectivity index (χ3v) is 5.63. The van der Waals surface area contributed by atoms with Gasteiger partial charge in [-0.15, -0.1) is 0 Å². The average molecular weight is 467 g/mol. The number of rotatable bonds is 7. The molecule has 3 heterocycles. The van der Waals surface area contributed by atoms with Crippen LogP contribution >= 0.6 is 0 Å². The first kappa shape index (κ1) is 23.5. The van der Waals surface area contributed by atoms with Gasteiger partial charge in [-0.25, -0.2) is 9.97 Å². The van der Waals surface area contributed by atoms with E-state index in [0.717, 1.165) is 39.4 Å². The Hall–Kier alpha value is -3.68. The van der Waals surface area contributed by atoms with Gasteiger partial charge in [-0.2, -0.15) is 13.2 Å². The number of fused-ring (bicyclic) bond motifs is 1. The number of carbonyl (C=O) groups excluding carboxylic acids is 1. The molecule has 0 spiro atoms. The fourth-order valence-corrected chi connectivity index (χ4v) is 4.01. The van der Waals surface area contributed by atoms with Crippen molar-refractivity contribution in [3.63, 3.8) is 0 Å². The Morgan fingerprint density at radius 1 is 1.00 bits per heavy atom. The third kappa shape index (κ3) is 5.27. The summed E-state index contributed by atoms with van der Waals surface area (Å²) in [6.45, 7) is 2.03. The second-order valence-corrected chi connectivity index (χ2v) is 8.58. The number of benzene rings is 1. The summed E-state index contributed by atoms with van der Waals surface area (Å²) in [5.41, 5.74) is 6.18. The zero-order valence-electron chi connectivity index (χ0n) is 19.2. The van der Waals surface area contributed by atoms with Crippen LogP contribution in [0.2, 0.25) is 0 Å². The van der Waals surface area contributed by atoms with E-state index in [1.165, 1.54) is 0 Å². The number of alkyl halides is 3. The molecule has 0 N–H and O–H groups in total. The molecule has 0 amide bonds. The molecule has 8 heteroatoms. The van der Waals surface area contributed by atoms with Crippen LogP contribution in [0.25, 0.3) is 28.0 Å². The maximum absolute atomic E-state index is 12.4. The van der Waals surface area contributed by atoms with Gasteiger partial charge >= 0.3 is 6.18 Å². The lowest BCUT2D eigenvalue weighted by molar-refractivity contribution is -0.143. The number of pyridine rings is 2. The number of hydrogen-bond donors (Lipinski definition) is 0. The van der Waals surface area contributed by atoms with E-state index in [9.17, 15) is 18.0 Å². The van der Waals surface area contributed by atoms with Crippen molar-refractivity contribution in [3.05, 3.63) is 72.2 Å². The topological polar surface area (TPSA) is 50.5 Å². The molecule has 5 nitrogen and oxygen atoms in total. The van der Waals surface area contributed by atoms with Crippen LogP contribution < -0.4 is 4.90 Å². The van der Waals surface area contributed by atoms with Crippen LogP contribution in [-0.2, 0) is 11.2 Å². The second kappa shape index (κ2) is 9.29. The van der Waals surface area contributed by atoms with E-state index in [4.69, 9.17) is 0 Å². The molecule has 0 saturated heterocycles. The molecule has 3 aromatic heterocycles. The molecular formula is C26H25F3N4O. The molecule has 176 valence electrons. The van der Waals surface area contributed by atoms with Crippen molar-refractivity contribution < 1.29 is 18.0 Å². The molecule has 0 atom stereocenters. The number of anilines is 1. The summed E-state index contributed by atoms with van der Waals surface area (Å²) in [6.07, 6.45) is -0.414. The highest BCUT2D eigenvalue weighted by molar-refractivity contribution is 5.81. The second-order valence-electron chi connectivity index (χ2n) is 8.58. The minimum absolute atomic E-state index is 0.0277. The van der Waals surface area contributed by atoms with Crippen LogP contribution in [0.4, 0.5) is 19.0 Å². The molecule has 0 bridgehead atoms. The molecule has 0 aliphatic heterocycles. The number of Topliss-reactive ketones (excluding diaryl/α,β-unsaturated/α-hetero) is 1. The van der Waals surface area contributed by atoms with Gasteiger partial charge in [0.05, 0.1) is 18.3 Å². The zero-order chi connectivity index (χ0) is 24.5. The minimum atomic E-state index is -4.32. The van der Waals surface area contributed by atoms with Gasteiger partial charge in [-0.1, -0.05) is 18.2 Å². The fraction of sp³-hybridized carbons (Fsp3) is 0.269. The Labute approximate surface area is 195 Å². The van der Waals surface area contributed by atoms with Gasteiger partial charge < -0.3 is 4.90 Å². The summed E-state index contributed by atoms with van der Waals surface area (Å²) in [4.78, 5) is 23.1. The van der Waals surface area contributed by atoms with E-state index in [1.54, 1.807) is 18.3 Å². The average Bonchev–Trinajstić information content (AvgIpc) is 3.20. The highest BCUT2D eigenvalue weighted by atomic mass is 19.4. The van der Waals surface area contributed by atoms with Gasteiger partial charge in [0, 0.05) is 50.5 Å². The highest BCUT2D eigenvalue weighted by Gasteiger charge is 2.27. The van der Waals surface area contributed by atoms with E-state index in [0.29, 0.717) is 5.56 Å². The Balaban J connectivity index is 1.58. The Kier molecular flexibility index (Phi) is 6.41. The van der Waals surface area contributed by atoms with Crippen molar-refractivity contribution in [1.82, 2.24) is 14.4 Å². The van der Waals surface area contributed by atoms with Gasteiger partial charge in [-0.3, -0.25) is 9.20 Å². The minimum Gasteiger partial charge on any atom is -0.363 e. The fourth-order valence-electron chi connectivity index (χ4n) is 4.01. The van der Waals surface area contributed by atoms with Crippen LogP contribution in [0.1, 0.15) is 24.0 Å². The zero-order valence-corrected chi connectivity index (χ0v) is 19.2. The monoisotopic (exact) mass is 466 g/mol. The maximum Gasteiger partial charge on any atom is 0.389 e. The van der Waals surface area contributed by atoms with Crippen LogP contribution in [0.3, 0.4) is 0 Å². The van der Waals surface area contributed by atoms with Crippen LogP contribution in [-0.4, -0.2) is 40.4 Å². The van der Waals surface area contributed by atoms with E-state index >= 15 is 0 Å². The quantitative estimate of drug-likeness (QED) is 0.341. The number of halogens is 3. The normalized spacial score (nSPS) is 11.7. The van der Waals surface area contributed by atoms with Crippen LogP contribution in [0, 0.1) is 6.92 Å². The number of imidazole rings is 1. The van der Waals surface area contributed by atoms with Crippen LogP contribution in [0.15, 0.2) is 61.1 Å². The number of hydrogen-bond acceptors (Lipinski definition) is 4. The lowest BCUT2D eigenvalue weighted by Gasteiger charge is -2.15. The molecule has 4 aromatic rings. The van der Waals surface area contributed by atoms with Crippen molar-refractivity contribution in [3.8, 4) is 22.4 Å². The number of ketones is 1. The number of aryl methyl sites for hydroxylation is 1. The lowest BCUT2D eigenvalue weighted by atomic mass is 10.0. The molecule has 0 fully saturated rings. The van der Waals surface area contributed by atoms with E-state index < -0.39 is 24.8 Å². The molecular weight excluding hydrogens is 441 g/mol. The Bertz CT molecular complexity index is 1340. The van der Waals surface area contributed by atoms with Gasteiger partial charge in [0.2, 0.25) is 0 Å². The van der Waals surface area contributed by atoms with Crippen molar-refractivity contribution in [2.75, 3.05) is 19.0 Å². The van der Waals surface area contributed by atoms with E-state index in [-0.39, 0.29) is 6.42 Å². The number of carbonyl (C=O) groups is 1. The Morgan fingerprint density at radius 3 is 2.50 bits per heavy atom. The molecule has 0 radical (unpaired) electrons. The molecule has 1 aromatic carbocycles. The molecule has 34 heavy (non-hydrogen) atoms. The van der Waals surface area contributed by atoms with Gasteiger partial charge in [-0.05, 0) is 47.9 Å². The van der Waals surface area contributed by atoms with Crippen molar-refractivity contribution in [1.29, 1.82) is 0 Å².